The highest BCUT2D eigenvalue weighted by Crippen LogP contribution is 2.06. The lowest BCUT2D eigenvalue weighted by molar-refractivity contribution is 1.51. The van der Waals surface area contributed by atoms with E-state index in [2.05, 4.69) is 111 Å². The van der Waals surface area contributed by atoms with E-state index in [9.17, 15) is 0 Å². The Morgan fingerprint density at radius 3 is 1.33 bits per heavy atom. The van der Waals surface area contributed by atoms with Gasteiger partial charge in [0.25, 0.3) is 0 Å². The zero-order valence-corrected chi connectivity index (χ0v) is 14.4. The second-order valence-electron chi connectivity index (χ2n) is 5.69. The van der Waals surface area contributed by atoms with Gasteiger partial charge < -0.3 is 0 Å². The summed E-state index contributed by atoms with van der Waals surface area (Å²) in [5.74, 6) is 0. The van der Waals surface area contributed by atoms with Crippen LogP contribution in [-0.4, -0.2) is 0 Å². The van der Waals surface area contributed by atoms with Crippen molar-refractivity contribution in [2.75, 3.05) is 0 Å². The number of hydrogen-bond donors (Lipinski definition) is 0. The number of benzene rings is 2. The van der Waals surface area contributed by atoms with Crippen molar-refractivity contribution in [3.63, 3.8) is 0 Å². The fourth-order valence-electron chi connectivity index (χ4n) is 2.11. The van der Waals surface area contributed by atoms with E-state index in [0.717, 1.165) is 0 Å². The summed E-state index contributed by atoms with van der Waals surface area (Å²) in [6.45, 7) is 4.21. The van der Waals surface area contributed by atoms with Gasteiger partial charge in [0.05, 0.1) is 0 Å². The van der Waals surface area contributed by atoms with Crippen molar-refractivity contribution in [3.8, 4) is 0 Å². The molecule has 0 saturated heterocycles. The Kier molecular flexibility index (Phi) is 7.30. The van der Waals surface area contributed by atoms with Crippen LogP contribution >= 0.6 is 0 Å². The van der Waals surface area contributed by atoms with Crippen LogP contribution in [-0.2, 0) is 0 Å². The van der Waals surface area contributed by atoms with Crippen LogP contribution < -0.4 is 0 Å². The second-order valence-corrected chi connectivity index (χ2v) is 5.69. The molecule has 0 radical (unpaired) electrons. The third-order valence-electron chi connectivity index (χ3n) is 3.51. The minimum Gasteiger partial charge on any atom is -0.0622 e. The van der Waals surface area contributed by atoms with Gasteiger partial charge in [-0.15, -0.1) is 0 Å². The molecule has 0 heterocycles. The van der Waals surface area contributed by atoms with E-state index >= 15 is 0 Å². The van der Waals surface area contributed by atoms with Gasteiger partial charge in [0.2, 0.25) is 0 Å². The van der Waals surface area contributed by atoms with Crippen molar-refractivity contribution in [2.24, 2.45) is 0 Å². The molecule has 0 N–H and O–H groups in total. The van der Waals surface area contributed by atoms with Crippen molar-refractivity contribution >= 4 is 12.2 Å². The highest BCUT2D eigenvalue weighted by atomic mass is 13.9. The molecule has 0 atom stereocenters. The van der Waals surface area contributed by atoms with Gasteiger partial charge in [-0.25, -0.2) is 0 Å². The molecule has 0 nitrogen and oxygen atoms in total. The molecule has 0 aliphatic carbocycles. The van der Waals surface area contributed by atoms with Gasteiger partial charge in [-0.1, -0.05) is 120 Å². The highest BCUT2D eigenvalue weighted by Gasteiger charge is 1.85. The van der Waals surface area contributed by atoms with Gasteiger partial charge in [-0.05, 0) is 25.0 Å². The standard InChI is InChI=1S/C24H24/c1-21(17-19-23-13-5-3-6-14-23)11-9-10-12-22(2)18-20-24-15-7-4-8-16-24/h3-20H,1-2H3/b10-9+,19-17+,20-18+,21-11+,22-12+. The molecule has 0 amide bonds. The number of rotatable bonds is 6. The Hall–Kier alpha value is -2.86. The van der Waals surface area contributed by atoms with Crippen LogP contribution in [0.4, 0.5) is 0 Å². The second kappa shape index (κ2) is 10.0. The molecule has 24 heavy (non-hydrogen) atoms. The van der Waals surface area contributed by atoms with Crippen molar-refractivity contribution in [2.45, 2.75) is 13.8 Å². The minimum atomic E-state index is 1.22. The molecular formula is C24H24. The summed E-state index contributed by atoms with van der Waals surface area (Å²) in [5.41, 5.74) is 4.88. The first kappa shape index (κ1) is 17.5. The molecule has 0 heteroatoms. The summed E-state index contributed by atoms with van der Waals surface area (Å²) in [4.78, 5) is 0. The Bertz CT molecular complexity index is 687. The first-order valence-corrected chi connectivity index (χ1v) is 8.22. The largest absolute Gasteiger partial charge is 0.0622 e. The van der Waals surface area contributed by atoms with Crippen molar-refractivity contribution in [3.05, 3.63) is 119 Å². The van der Waals surface area contributed by atoms with Crippen LogP contribution in [0.15, 0.2) is 108 Å². The summed E-state index contributed by atoms with van der Waals surface area (Å²) in [7, 11) is 0. The quantitative estimate of drug-likeness (QED) is 0.511. The molecule has 0 fully saturated rings. The van der Waals surface area contributed by atoms with Crippen LogP contribution in [0.5, 0.6) is 0 Å². The highest BCUT2D eigenvalue weighted by molar-refractivity contribution is 5.53. The topological polar surface area (TPSA) is 0 Å². The summed E-state index contributed by atoms with van der Waals surface area (Å²) in [6.07, 6.45) is 16.9. The summed E-state index contributed by atoms with van der Waals surface area (Å²) in [5, 5.41) is 0. The van der Waals surface area contributed by atoms with E-state index in [-0.39, 0.29) is 0 Å². The molecule has 0 aliphatic heterocycles. The van der Waals surface area contributed by atoms with E-state index in [1.54, 1.807) is 0 Å². The molecule has 0 aromatic heterocycles. The predicted molar refractivity (Wildman–Crippen MR) is 108 cm³/mol. The average Bonchev–Trinajstić information content (AvgIpc) is 2.63. The van der Waals surface area contributed by atoms with Crippen LogP contribution in [0.25, 0.3) is 12.2 Å². The molecule has 0 aliphatic rings. The zero-order valence-electron chi connectivity index (χ0n) is 14.4. The predicted octanol–water partition coefficient (Wildman–Crippen LogP) is 6.86. The van der Waals surface area contributed by atoms with Gasteiger partial charge in [-0.2, -0.15) is 0 Å². The molecular weight excluding hydrogens is 288 g/mol. The Morgan fingerprint density at radius 1 is 0.583 bits per heavy atom. The molecule has 2 rings (SSSR count). The maximum atomic E-state index is 2.13. The summed E-state index contributed by atoms with van der Waals surface area (Å²) in [6, 6.07) is 20.7. The van der Waals surface area contributed by atoms with Crippen molar-refractivity contribution in [1.82, 2.24) is 0 Å². The SMILES string of the molecule is CC(/C=C/c1ccccc1)=C\C=C\C=C(C)\C=C\c1ccccc1. The first-order chi connectivity index (χ1) is 11.7. The van der Waals surface area contributed by atoms with Gasteiger partial charge in [0.15, 0.2) is 0 Å². The molecule has 2 aromatic rings. The Morgan fingerprint density at radius 2 is 0.958 bits per heavy atom. The van der Waals surface area contributed by atoms with Crippen LogP contribution in [0.3, 0.4) is 0 Å². The van der Waals surface area contributed by atoms with Crippen molar-refractivity contribution < 1.29 is 0 Å². The first-order valence-electron chi connectivity index (χ1n) is 8.22. The molecule has 0 unspecified atom stereocenters. The lowest BCUT2D eigenvalue weighted by Gasteiger charge is -1.93. The molecule has 120 valence electrons. The van der Waals surface area contributed by atoms with Crippen LogP contribution in [0.1, 0.15) is 25.0 Å². The van der Waals surface area contributed by atoms with E-state index in [4.69, 9.17) is 0 Å². The fourth-order valence-corrected chi connectivity index (χ4v) is 2.11. The number of hydrogen-bond acceptors (Lipinski definition) is 0. The summed E-state index contributed by atoms with van der Waals surface area (Å²) < 4.78 is 0. The average molecular weight is 312 g/mol. The third kappa shape index (κ3) is 6.93. The summed E-state index contributed by atoms with van der Waals surface area (Å²) >= 11 is 0. The van der Waals surface area contributed by atoms with E-state index in [1.165, 1.54) is 22.3 Å². The van der Waals surface area contributed by atoms with Gasteiger partial charge in [-0.3, -0.25) is 0 Å². The van der Waals surface area contributed by atoms with E-state index < -0.39 is 0 Å². The van der Waals surface area contributed by atoms with Gasteiger partial charge in [0.1, 0.15) is 0 Å². The minimum absolute atomic E-state index is 1.22. The van der Waals surface area contributed by atoms with E-state index in [1.807, 2.05) is 12.1 Å². The zero-order chi connectivity index (χ0) is 17.0. The van der Waals surface area contributed by atoms with Crippen LogP contribution in [0, 0.1) is 0 Å². The maximum Gasteiger partial charge on any atom is -0.0257 e. The Labute approximate surface area is 145 Å². The van der Waals surface area contributed by atoms with Gasteiger partial charge in [0, 0.05) is 0 Å². The fraction of sp³-hybridized carbons (Fsp3) is 0.0833. The molecule has 2 aromatic carbocycles. The number of allylic oxidation sites excluding steroid dienone is 8. The normalized spacial score (nSPS) is 13.4. The monoisotopic (exact) mass is 312 g/mol. The molecule has 0 saturated carbocycles. The van der Waals surface area contributed by atoms with Crippen LogP contribution in [0.2, 0.25) is 0 Å². The van der Waals surface area contributed by atoms with Crippen molar-refractivity contribution in [1.29, 1.82) is 0 Å². The Balaban J connectivity index is 1.88. The maximum absolute atomic E-state index is 2.13. The smallest absolute Gasteiger partial charge is 0.0257 e. The molecule has 0 spiro atoms. The third-order valence-corrected chi connectivity index (χ3v) is 3.51. The van der Waals surface area contributed by atoms with Gasteiger partial charge >= 0.3 is 0 Å². The lowest BCUT2D eigenvalue weighted by Crippen LogP contribution is -1.71. The molecule has 0 bridgehead atoms. The lowest BCUT2D eigenvalue weighted by atomic mass is 10.1. The van der Waals surface area contributed by atoms with E-state index in [0.29, 0.717) is 0 Å².